The van der Waals surface area contributed by atoms with Crippen molar-refractivity contribution in [1.29, 1.82) is 0 Å². The number of pyridine rings is 1. The van der Waals surface area contributed by atoms with E-state index in [1.54, 1.807) is 13.3 Å². The van der Waals surface area contributed by atoms with E-state index in [0.29, 0.717) is 19.6 Å². The summed E-state index contributed by atoms with van der Waals surface area (Å²) >= 11 is 0. The molecule has 0 radical (unpaired) electrons. The summed E-state index contributed by atoms with van der Waals surface area (Å²) in [5.41, 5.74) is 1.10. The second kappa shape index (κ2) is 9.44. The monoisotopic (exact) mass is 279 g/mol. The van der Waals surface area contributed by atoms with E-state index >= 15 is 0 Å². The number of carbonyl (C=O) groups excluding carboxylic acids is 1. The minimum atomic E-state index is 0.174. The van der Waals surface area contributed by atoms with Crippen LogP contribution in [0.15, 0.2) is 24.5 Å². The van der Waals surface area contributed by atoms with Gasteiger partial charge in [0.2, 0.25) is 5.91 Å². The zero-order valence-corrected chi connectivity index (χ0v) is 12.7. The highest BCUT2D eigenvalue weighted by molar-refractivity contribution is 5.76. The molecular formula is C15H25N3O2. The number of aromatic nitrogens is 1. The number of carbonyl (C=O) groups is 1. The highest BCUT2D eigenvalue weighted by atomic mass is 16.5. The number of hydrogen-bond acceptors (Lipinski definition) is 4. The lowest BCUT2D eigenvalue weighted by atomic mass is 10.1. The molecule has 0 aromatic carbocycles. The molecule has 0 fully saturated rings. The van der Waals surface area contributed by atoms with Crippen LogP contribution in [0, 0.1) is 0 Å². The van der Waals surface area contributed by atoms with Crippen molar-refractivity contribution in [2.24, 2.45) is 0 Å². The summed E-state index contributed by atoms with van der Waals surface area (Å²) in [5.74, 6) is 0.174. The van der Waals surface area contributed by atoms with Gasteiger partial charge in [-0.05, 0) is 32.1 Å². The second-order valence-electron chi connectivity index (χ2n) is 5.04. The van der Waals surface area contributed by atoms with Crippen molar-refractivity contribution in [3.8, 4) is 0 Å². The number of rotatable bonds is 9. The van der Waals surface area contributed by atoms with Crippen molar-refractivity contribution in [3.63, 3.8) is 0 Å². The normalized spacial score (nSPS) is 10.8. The molecule has 5 nitrogen and oxygen atoms in total. The highest BCUT2D eigenvalue weighted by Gasteiger charge is 2.13. The summed E-state index contributed by atoms with van der Waals surface area (Å²) in [4.78, 5) is 20.3. The Morgan fingerprint density at radius 1 is 1.30 bits per heavy atom. The zero-order chi connectivity index (χ0) is 14.8. The third-order valence-corrected chi connectivity index (χ3v) is 3.09. The van der Waals surface area contributed by atoms with Crippen LogP contribution in [0.4, 0.5) is 0 Å². The first kappa shape index (κ1) is 16.6. The molecule has 0 aliphatic rings. The third-order valence-electron chi connectivity index (χ3n) is 3.09. The molecule has 1 amide bonds. The van der Waals surface area contributed by atoms with Gasteiger partial charge in [0.1, 0.15) is 0 Å². The maximum atomic E-state index is 12.3. The molecule has 1 heterocycles. The van der Waals surface area contributed by atoms with Crippen LogP contribution in [0.3, 0.4) is 0 Å². The van der Waals surface area contributed by atoms with Crippen molar-refractivity contribution in [2.45, 2.75) is 12.8 Å². The number of likely N-dealkylation sites (N-methyl/N-ethyl adjacent to an activating group) is 1. The first-order chi connectivity index (χ1) is 9.63. The van der Waals surface area contributed by atoms with Gasteiger partial charge in [-0.2, -0.15) is 0 Å². The number of ether oxygens (including phenoxy) is 1. The van der Waals surface area contributed by atoms with Crippen LogP contribution in [-0.2, 0) is 16.0 Å². The predicted molar refractivity (Wildman–Crippen MR) is 79.6 cm³/mol. The molecule has 1 aromatic heterocycles. The Balaban J connectivity index is 2.44. The van der Waals surface area contributed by atoms with Gasteiger partial charge >= 0.3 is 0 Å². The van der Waals surface area contributed by atoms with E-state index in [1.807, 2.05) is 37.3 Å². The van der Waals surface area contributed by atoms with E-state index in [2.05, 4.69) is 9.88 Å². The molecule has 20 heavy (non-hydrogen) atoms. The summed E-state index contributed by atoms with van der Waals surface area (Å²) in [6, 6.07) is 3.90. The molecule has 0 unspecified atom stereocenters. The Bertz CT molecular complexity index is 382. The highest BCUT2D eigenvalue weighted by Crippen LogP contribution is 2.04. The minimum Gasteiger partial charge on any atom is -0.383 e. The van der Waals surface area contributed by atoms with E-state index in [9.17, 15) is 4.79 Å². The van der Waals surface area contributed by atoms with Crippen LogP contribution < -0.4 is 0 Å². The van der Waals surface area contributed by atoms with Gasteiger partial charge in [0, 0.05) is 45.6 Å². The smallest absolute Gasteiger partial charge is 0.223 e. The Morgan fingerprint density at radius 3 is 2.70 bits per heavy atom. The number of amides is 1. The fraction of sp³-hybridized carbons (Fsp3) is 0.600. The summed E-state index contributed by atoms with van der Waals surface area (Å²) in [6.07, 6.45) is 4.81. The number of aryl methyl sites for hydroxylation is 1. The summed E-state index contributed by atoms with van der Waals surface area (Å²) in [6.45, 7) is 2.83. The first-order valence-electron chi connectivity index (χ1n) is 6.94. The lowest BCUT2D eigenvalue weighted by molar-refractivity contribution is -0.132. The SMILES string of the molecule is COCCN(CCN(C)C)C(=O)CCc1cccnc1. The van der Waals surface area contributed by atoms with Crippen LogP contribution in [0.2, 0.25) is 0 Å². The molecule has 0 saturated heterocycles. The van der Waals surface area contributed by atoms with E-state index in [0.717, 1.165) is 25.1 Å². The van der Waals surface area contributed by atoms with E-state index < -0.39 is 0 Å². The molecule has 0 aliphatic heterocycles. The molecule has 112 valence electrons. The van der Waals surface area contributed by atoms with Crippen molar-refractivity contribution in [2.75, 3.05) is 47.4 Å². The van der Waals surface area contributed by atoms with Crippen molar-refractivity contribution >= 4 is 5.91 Å². The molecule has 0 spiro atoms. The van der Waals surface area contributed by atoms with Crippen molar-refractivity contribution in [3.05, 3.63) is 30.1 Å². The topological polar surface area (TPSA) is 45.7 Å². The van der Waals surface area contributed by atoms with Gasteiger partial charge in [0.15, 0.2) is 0 Å². The van der Waals surface area contributed by atoms with E-state index in [-0.39, 0.29) is 5.91 Å². The van der Waals surface area contributed by atoms with Gasteiger partial charge in [0.05, 0.1) is 6.61 Å². The van der Waals surface area contributed by atoms with Gasteiger partial charge in [-0.3, -0.25) is 9.78 Å². The molecule has 0 saturated carbocycles. The van der Waals surface area contributed by atoms with Crippen molar-refractivity contribution < 1.29 is 9.53 Å². The number of methoxy groups -OCH3 is 1. The van der Waals surface area contributed by atoms with Gasteiger partial charge in [-0.15, -0.1) is 0 Å². The lowest BCUT2D eigenvalue weighted by Gasteiger charge is -2.24. The summed E-state index contributed by atoms with van der Waals surface area (Å²) < 4.78 is 5.07. The maximum absolute atomic E-state index is 12.3. The molecule has 0 bridgehead atoms. The average Bonchev–Trinajstić information content (AvgIpc) is 2.45. The molecule has 1 rings (SSSR count). The van der Waals surface area contributed by atoms with Crippen molar-refractivity contribution in [1.82, 2.24) is 14.8 Å². The van der Waals surface area contributed by atoms with Crippen LogP contribution in [0.5, 0.6) is 0 Å². The molecule has 0 atom stereocenters. The van der Waals surface area contributed by atoms with Crippen LogP contribution >= 0.6 is 0 Å². The lowest BCUT2D eigenvalue weighted by Crippen LogP contribution is -2.38. The molecule has 5 heteroatoms. The molecule has 1 aromatic rings. The average molecular weight is 279 g/mol. The van der Waals surface area contributed by atoms with E-state index in [1.165, 1.54) is 0 Å². The maximum Gasteiger partial charge on any atom is 0.223 e. The fourth-order valence-corrected chi connectivity index (χ4v) is 1.84. The van der Waals surface area contributed by atoms with Gasteiger partial charge in [0.25, 0.3) is 0 Å². The van der Waals surface area contributed by atoms with Crippen LogP contribution in [0.25, 0.3) is 0 Å². The molecule has 0 aliphatic carbocycles. The van der Waals surface area contributed by atoms with Gasteiger partial charge in [-0.1, -0.05) is 6.07 Å². The largest absolute Gasteiger partial charge is 0.383 e. The summed E-state index contributed by atoms with van der Waals surface area (Å²) in [7, 11) is 5.67. The standard InChI is InChI=1S/C15H25N3O2/c1-17(2)9-10-18(11-12-20-3)15(19)7-6-14-5-4-8-16-13-14/h4-5,8,13H,6-7,9-12H2,1-3H3. The van der Waals surface area contributed by atoms with Gasteiger partial charge < -0.3 is 14.5 Å². The minimum absolute atomic E-state index is 0.174. The predicted octanol–water partition coefficient (Wildman–Crippen LogP) is 1.05. The fourth-order valence-electron chi connectivity index (χ4n) is 1.84. The van der Waals surface area contributed by atoms with Gasteiger partial charge in [-0.25, -0.2) is 0 Å². The van der Waals surface area contributed by atoms with Crippen LogP contribution in [-0.4, -0.2) is 68.1 Å². The Labute approximate surface area is 121 Å². The molecular weight excluding hydrogens is 254 g/mol. The Hall–Kier alpha value is -1.46. The van der Waals surface area contributed by atoms with Crippen LogP contribution in [0.1, 0.15) is 12.0 Å². The Morgan fingerprint density at radius 2 is 2.10 bits per heavy atom. The summed E-state index contributed by atoms with van der Waals surface area (Å²) in [5, 5.41) is 0. The first-order valence-corrected chi connectivity index (χ1v) is 6.94. The molecule has 0 N–H and O–H groups in total. The number of hydrogen-bond donors (Lipinski definition) is 0. The zero-order valence-electron chi connectivity index (χ0n) is 12.7. The quantitative estimate of drug-likeness (QED) is 0.678. The second-order valence-corrected chi connectivity index (χ2v) is 5.04. The number of nitrogens with zero attached hydrogens (tertiary/aromatic N) is 3. The van der Waals surface area contributed by atoms with E-state index in [4.69, 9.17) is 4.74 Å². The Kier molecular flexibility index (Phi) is 7.84. The third kappa shape index (κ3) is 6.63.